The van der Waals surface area contributed by atoms with Crippen LogP contribution in [-0.4, -0.2) is 10.9 Å². The summed E-state index contributed by atoms with van der Waals surface area (Å²) in [7, 11) is 0. The molecule has 0 spiro atoms. The molecule has 1 rings (SSSR count). The molecule has 0 aliphatic rings. The number of rotatable bonds is 2. The second-order valence-corrected chi connectivity index (χ2v) is 3.37. The van der Waals surface area contributed by atoms with Gasteiger partial charge in [-0.3, -0.25) is 5.41 Å². The van der Waals surface area contributed by atoms with Crippen LogP contribution in [0, 0.1) is 5.41 Å². The zero-order chi connectivity index (χ0) is 10.0. The van der Waals surface area contributed by atoms with E-state index in [1.165, 1.54) is 12.1 Å². The van der Waals surface area contributed by atoms with Crippen molar-refractivity contribution in [1.29, 1.82) is 5.41 Å². The summed E-state index contributed by atoms with van der Waals surface area (Å²) in [6.07, 6.45) is -1.16. The van der Waals surface area contributed by atoms with Crippen LogP contribution in [0.3, 0.4) is 0 Å². The molecule has 0 amide bonds. The summed E-state index contributed by atoms with van der Waals surface area (Å²) in [5.74, 6) is -0.343. The summed E-state index contributed by atoms with van der Waals surface area (Å²) >= 11 is 11.4. The number of amidine groups is 1. The van der Waals surface area contributed by atoms with Gasteiger partial charge in [0.05, 0.1) is 0 Å². The molecule has 70 valence electrons. The number of nitrogens with one attached hydrogen (secondary N) is 1. The van der Waals surface area contributed by atoms with Crippen LogP contribution < -0.4 is 5.73 Å². The van der Waals surface area contributed by atoms with Crippen molar-refractivity contribution in [3.63, 3.8) is 0 Å². The van der Waals surface area contributed by atoms with Crippen LogP contribution in [0.1, 0.15) is 11.7 Å². The normalized spacial score (nSPS) is 12.5. The summed E-state index contributed by atoms with van der Waals surface area (Å²) in [4.78, 5) is 0. The Kier molecular flexibility index (Phi) is 3.14. The van der Waals surface area contributed by atoms with E-state index in [1.54, 1.807) is 6.07 Å². The van der Waals surface area contributed by atoms with Crippen LogP contribution in [0.5, 0.6) is 0 Å². The van der Waals surface area contributed by atoms with E-state index in [0.29, 0.717) is 15.6 Å². The van der Waals surface area contributed by atoms with Crippen molar-refractivity contribution in [2.75, 3.05) is 0 Å². The van der Waals surface area contributed by atoms with Gasteiger partial charge in [0.1, 0.15) is 11.9 Å². The van der Waals surface area contributed by atoms with Crippen molar-refractivity contribution in [1.82, 2.24) is 0 Å². The number of benzene rings is 1. The Morgan fingerprint density at radius 1 is 1.46 bits per heavy atom. The molecule has 13 heavy (non-hydrogen) atoms. The largest absolute Gasteiger partial charge is 0.385 e. The van der Waals surface area contributed by atoms with Gasteiger partial charge in [0.25, 0.3) is 0 Å². The minimum absolute atomic E-state index is 0.301. The highest BCUT2D eigenvalue weighted by Gasteiger charge is 2.13. The third kappa shape index (κ3) is 2.34. The van der Waals surface area contributed by atoms with Gasteiger partial charge >= 0.3 is 0 Å². The number of aliphatic hydroxyl groups excluding tert-OH is 1. The molecule has 1 aromatic carbocycles. The van der Waals surface area contributed by atoms with Gasteiger partial charge in [-0.05, 0) is 12.1 Å². The van der Waals surface area contributed by atoms with E-state index in [9.17, 15) is 5.11 Å². The molecule has 0 aliphatic carbocycles. The van der Waals surface area contributed by atoms with Crippen molar-refractivity contribution in [3.8, 4) is 0 Å². The molecule has 0 saturated heterocycles. The Morgan fingerprint density at radius 2 is 2.08 bits per heavy atom. The Bertz CT molecular complexity index is 341. The number of halogens is 2. The predicted octanol–water partition coefficient (Wildman–Crippen LogP) is 1.96. The molecule has 1 atom stereocenters. The molecule has 0 bridgehead atoms. The molecule has 0 radical (unpaired) electrons. The van der Waals surface area contributed by atoms with Crippen molar-refractivity contribution < 1.29 is 5.11 Å². The fourth-order valence-electron chi connectivity index (χ4n) is 0.891. The third-order valence-electron chi connectivity index (χ3n) is 1.55. The van der Waals surface area contributed by atoms with Crippen LogP contribution in [0.2, 0.25) is 10.0 Å². The van der Waals surface area contributed by atoms with Gasteiger partial charge < -0.3 is 10.8 Å². The molecule has 3 nitrogen and oxygen atoms in total. The molecule has 0 fully saturated rings. The molecule has 0 aliphatic heterocycles. The topological polar surface area (TPSA) is 70.1 Å². The van der Waals surface area contributed by atoms with E-state index in [0.717, 1.165) is 0 Å². The van der Waals surface area contributed by atoms with Crippen molar-refractivity contribution in [2.24, 2.45) is 5.73 Å². The maximum atomic E-state index is 9.39. The van der Waals surface area contributed by atoms with E-state index >= 15 is 0 Å². The monoisotopic (exact) mass is 218 g/mol. The van der Waals surface area contributed by atoms with Gasteiger partial charge in [-0.2, -0.15) is 0 Å². The van der Waals surface area contributed by atoms with Gasteiger partial charge in [0.15, 0.2) is 0 Å². The maximum Gasteiger partial charge on any atom is 0.137 e. The van der Waals surface area contributed by atoms with Crippen molar-refractivity contribution in [3.05, 3.63) is 33.8 Å². The highest BCUT2D eigenvalue weighted by molar-refractivity contribution is 6.35. The predicted molar refractivity (Wildman–Crippen MR) is 53.3 cm³/mol. The number of hydrogen-bond acceptors (Lipinski definition) is 2. The lowest BCUT2D eigenvalue weighted by Crippen LogP contribution is -2.20. The van der Waals surface area contributed by atoms with E-state index in [2.05, 4.69) is 0 Å². The standard InChI is InChI=1S/C8H8Cl2N2O/c9-4-1-2-5(6(10)3-4)7(13)8(11)12/h1-3,7,13H,(H3,11,12). The summed E-state index contributed by atoms with van der Waals surface area (Å²) < 4.78 is 0. The SMILES string of the molecule is N=C(N)C(O)c1ccc(Cl)cc1Cl. The lowest BCUT2D eigenvalue weighted by atomic mass is 10.1. The van der Waals surface area contributed by atoms with Crippen LogP contribution >= 0.6 is 23.2 Å². The molecular weight excluding hydrogens is 211 g/mol. The van der Waals surface area contributed by atoms with Gasteiger partial charge in [0, 0.05) is 15.6 Å². The zero-order valence-electron chi connectivity index (χ0n) is 6.59. The number of aliphatic hydroxyl groups is 1. The quantitative estimate of drug-likeness (QED) is 0.525. The molecular formula is C8H8Cl2N2O. The molecule has 1 unspecified atom stereocenters. The Hall–Kier alpha value is -0.770. The summed E-state index contributed by atoms with van der Waals surface area (Å²) in [5.41, 5.74) is 5.50. The van der Waals surface area contributed by atoms with Crippen LogP contribution in [0.25, 0.3) is 0 Å². The second kappa shape index (κ2) is 3.96. The molecule has 0 aromatic heterocycles. The molecule has 1 aromatic rings. The average Bonchev–Trinajstić information content (AvgIpc) is 2.03. The summed E-state index contributed by atoms with van der Waals surface area (Å²) in [6, 6.07) is 4.61. The minimum atomic E-state index is -1.16. The highest BCUT2D eigenvalue weighted by atomic mass is 35.5. The molecule has 5 heteroatoms. The van der Waals surface area contributed by atoms with Crippen molar-refractivity contribution >= 4 is 29.0 Å². The van der Waals surface area contributed by atoms with Gasteiger partial charge in [-0.1, -0.05) is 29.3 Å². The number of hydrogen-bond donors (Lipinski definition) is 3. The van der Waals surface area contributed by atoms with Crippen LogP contribution in [-0.2, 0) is 0 Å². The summed E-state index contributed by atoms with van der Waals surface area (Å²) in [6.45, 7) is 0. The Morgan fingerprint density at radius 3 is 2.54 bits per heavy atom. The Labute approximate surface area is 85.6 Å². The zero-order valence-corrected chi connectivity index (χ0v) is 8.10. The fourth-order valence-corrected chi connectivity index (χ4v) is 1.40. The molecule has 4 N–H and O–H groups in total. The molecule has 0 saturated carbocycles. The van der Waals surface area contributed by atoms with E-state index in [-0.39, 0.29) is 5.84 Å². The number of nitrogens with two attached hydrogens (primary N) is 1. The second-order valence-electron chi connectivity index (χ2n) is 2.52. The van der Waals surface area contributed by atoms with E-state index in [4.69, 9.17) is 34.3 Å². The highest BCUT2D eigenvalue weighted by Crippen LogP contribution is 2.25. The van der Waals surface area contributed by atoms with Crippen molar-refractivity contribution in [2.45, 2.75) is 6.10 Å². The van der Waals surface area contributed by atoms with E-state index < -0.39 is 6.10 Å². The first-order valence-corrected chi connectivity index (χ1v) is 4.25. The van der Waals surface area contributed by atoms with E-state index in [1.807, 2.05) is 0 Å². The smallest absolute Gasteiger partial charge is 0.137 e. The fraction of sp³-hybridized carbons (Fsp3) is 0.125. The average molecular weight is 219 g/mol. The van der Waals surface area contributed by atoms with Gasteiger partial charge in [-0.25, -0.2) is 0 Å². The van der Waals surface area contributed by atoms with Gasteiger partial charge in [0.2, 0.25) is 0 Å². The first-order chi connectivity index (χ1) is 6.02. The lowest BCUT2D eigenvalue weighted by Gasteiger charge is -2.10. The minimum Gasteiger partial charge on any atom is -0.385 e. The van der Waals surface area contributed by atoms with Crippen LogP contribution in [0.4, 0.5) is 0 Å². The first kappa shape index (κ1) is 10.3. The molecule has 0 heterocycles. The Balaban J connectivity index is 3.08. The lowest BCUT2D eigenvalue weighted by molar-refractivity contribution is 0.245. The first-order valence-electron chi connectivity index (χ1n) is 3.49. The maximum absolute atomic E-state index is 9.39. The summed E-state index contributed by atoms with van der Waals surface area (Å²) in [5, 5.41) is 17.2. The van der Waals surface area contributed by atoms with Gasteiger partial charge in [-0.15, -0.1) is 0 Å². The third-order valence-corrected chi connectivity index (χ3v) is 2.11. The van der Waals surface area contributed by atoms with Crippen LogP contribution in [0.15, 0.2) is 18.2 Å².